The summed E-state index contributed by atoms with van der Waals surface area (Å²) in [6, 6.07) is 5.41. The van der Waals surface area contributed by atoms with E-state index < -0.39 is 11.9 Å². The molecule has 2 aromatic rings. The third-order valence-electron chi connectivity index (χ3n) is 4.01. The van der Waals surface area contributed by atoms with Crippen LogP contribution >= 0.6 is 11.8 Å². The van der Waals surface area contributed by atoms with E-state index in [1.54, 1.807) is 16.7 Å². The zero-order chi connectivity index (χ0) is 20.7. The summed E-state index contributed by atoms with van der Waals surface area (Å²) >= 11 is 1.16. The van der Waals surface area contributed by atoms with Gasteiger partial charge < -0.3 is 5.32 Å². The number of nitrogens with one attached hydrogen (secondary N) is 2. The molecule has 8 nitrogen and oxygen atoms in total. The van der Waals surface area contributed by atoms with Crippen LogP contribution in [0.25, 0.3) is 5.69 Å². The van der Waals surface area contributed by atoms with Crippen LogP contribution in [0, 0.1) is 5.82 Å². The third kappa shape index (κ3) is 5.77. The highest BCUT2D eigenvalue weighted by Gasteiger charge is 2.21. The van der Waals surface area contributed by atoms with E-state index in [0.717, 1.165) is 18.2 Å². The smallest absolute Gasteiger partial charge is 0.321 e. The van der Waals surface area contributed by atoms with Gasteiger partial charge in [0.25, 0.3) is 0 Å². The van der Waals surface area contributed by atoms with Crippen molar-refractivity contribution in [2.24, 2.45) is 0 Å². The Labute approximate surface area is 167 Å². The van der Waals surface area contributed by atoms with Crippen molar-refractivity contribution >= 4 is 23.7 Å². The van der Waals surface area contributed by atoms with Gasteiger partial charge in [-0.15, -0.1) is 10.2 Å². The topological polar surface area (TPSA) is 92.2 Å². The Kier molecular flexibility index (Phi) is 7.94. The second-order valence-corrected chi connectivity index (χ2v) is 7.33. The number of hydrogen-bond acceptors (Lipinski definition) is 6. The van der Waals surface area contributed by atoms with Gasteiger partial charge in [0.05, 0.1) is 11.8 Å². The number of nitrogens with zero attached hydrogens (tertiary/aromatic N) is 4. The molecule has 0 radical (unpaired) electrons. The molecule has 0 spiro atoms. The normalized spacial score (nSPS) is 12.1. The molecule has 0 aliphatic rings. The molecule has 152 valence electrons. The molecule has 10 heteroatoms. The van der Waals surface area contributed by atoms with Crippen molar-refractivity contribution in [3.63, 3.8) is 0 Å². The molecule has 1 heterocycles. The summed E-state index contributed by atoms with van der Waals surface area (Å²) in [6.45, 7) is 4.40. The van der Waals surface area contributed by atoms with E-state index in [4.69, 9.17) is 0 Å². The molecule has 28 heavy (non-hydrogen) atoms. The van der Waals surface area contributed by atoms with Crippen LogP contribution in [0.4, 0.5) is 9.18 Å². The molecule has 0 unspecified atom stereocenters. The number of imide groups is 1. The zero-order valence-electron chi connectivity index (χ0n) is 16.4. The number of rotatable bonds is 8. The van der Waals surface area contributed by atoms with Gasteiger partial charge in [-0.3, -0.25) is 19.6 Å². The van der Waals surface area contributed by atoms with Crippen LogP contribution in [0.15, 0.2) is 29.4 Å². The maximum atomic E-state index is 13.3. The van der Waals surface area contributed by atoms with Crippen molar-refractivity contribution in [2.75, 3.05) is 26.4 Å². The fourth-order valence-electron chi connectivity index (χ4n) is 2.28. The number of thioether (sulfide) groups is 1. The molecule has 1 atom stereocenters. The van der Waals surface area contributed by atoms with Crippen molar-refractivity contribution < 1.29 is 14.0 Å². The predicted molar refractivity (Wildman–Crippen MR) is 106 cm³/mol. The molecule has 2 N–H and O–H groups in total. The first kappa shape index (κ1) is 21.8. The maximum Gasteiger partial charge on any atom is 0.321 e. The number of carbonyl (C=O) groups excluding carboxylic acids is 2. The summed E-state index contributed by atoms with van der Waals surface area (Å²) in [5, 5.41) is 13.8. The number of hydrogen-bond donors (Lipinski definition) is 2. The van der Waals surface area contributed by atoms with Crippen LogP contribution in [0.1, 0.15) is 32.1 Å². The summed E-state index contributed by atoms with van der Waals surface area (Å²) in [5.74, 6) is -0.116. The van der Waals surface area contributed by atoms with E-state index in [2.05, 4.69) is 20.8 Å². The molecule has 0 aliphatic heterocycles. The minimum absolute atomic E-state index is 0.00474. The molecule has 1 aromatic carbocycles. The first-order valence-electron chi connectivity index (χ1n) is 8.91. The van der Waals surface area contributed by atoms with Gasteiger partial charge >= 0.3 is 6.03 Å². The number of carbonyl (C=O) groups is 2. The minimum Gasteiger partial charge on any atom is -0.338 e. The van der Waals surface area contributed by atoms with Gasteiger partial charge in [-0.05, 0) is 51.7 Å². The van der Waals surface area contributed by atoms with Gasteiger partial charge in [0, 0.05) is 12.2 Å². The average molecular weight is 409 g/mol. The highest BCUT2D eigenvalue weighted by molar-refractivity contribution is 7.99. The SMILES string of the molecule is CCCNC(=O)NC(=O)CSc1nnc([C@@H](C)N(C)C)n1-c1ccc(F)cc1. The minimum atomic E-state index is -0.519. The number of halogens is 1. The first-order chi connectivity index (χ1) is 13.3. The van der Waals surface area contributed by atoms with Crippen LogP contribution in [0.2, 0.25) is 0 Å². The van der Waals surface area contributed by atoms with Gasteiger partial charge in [0.1, 0.15) is 5.82 Å². The lowest BCUT2D eigenvalue weighted by atomic mass is 10.2. The largest absolute Gasteiger partial charge is 0.338 e. The summed E-state index contributed by atoms with van der Waals surface area (Å²) in [4.78, 5) is 25.6. The van der Waals surface area contributed by atoms with E-state index in [1.165, 1.54) is 12.1 Å². The van der Waals surface area contributed by atoms with Crippen molar-refractivity contribution in [1.82, 2.24) is 30.3 Å². The van der Waals surface area contributed by atoms with Crippen molar-refractivity contribution in [3.8, 4) is 5.69 Å². The van der Waals surface area contributed by atoms with E-state index in [1.807, 2.05) is 32.8 Å². The molecule has 2 rings (SSSR count). The Morgan fingerprint density at radius 2 is 1.93 bits per heavy atom. The summed E-state index contributed by atoms with van der Waals surface area (Å²) in [5.41, 5.74) is 0.693. The monoisotopic (exact) mass is 408 g/mol. The van der Waals surface area contributed by atoms with Gasteiger partial charge in [-0.2, -0.15) is 0 Å². The number of amides is 3. The zero-order valence-corrected chi connectivity index (χ0v) is 17.2. The van der Waals surface area contributed by atoms with Crippen LogP contribution < -0.4 is 10.6 Å². The molecular formula is C18H25FN6O2S. The van der Waals surface area contributed by atoms with Gasteiger partial charge in [-0.1, -0.05) is 18.7 Å². The lowest BCUT2D eigenvalue weighted by molar-refractivity contribution is -0.117. The van der Waals surface area contributed by atoms with Crippen molar-refractivity contribution in [3.05, 3.63) is 35.9 Å². The van der Waals surface area contributed by atoms with Gasteiger partial charge in [-0.25, -0.2) is 9.18 Å². The van der Waals surface area contributed by atoms with Crippen LogP contribution in [0.3, 0.4) is 0 Å². The van der Waals surface area contributed by atoms with Gasteiger partial charge in [0.15, 0.2) is 11.0 Å². The molecule has 3 amide bonds. The molecular weight excluding hydrogens is 383 g/mol. The average Bonchev–Trinajstić information content (AvgIpc) is 3.08. The van der Waals surface area contributed by atoms with Crippen LogP contribution in [-0.2, 0) is 4.79 Å². The molecule has 0 bridgehead atoms. The fraction of sp³-hybridized carbons (Fsp3) is 0.444. The Balaban J connectivity index is 2.19. The number of urea groups is 1. The number of benzene rings is 1. The second kappa shape index (κ2) is 10.2. The molecule has 0 saturated heterocycles. The predicted octanol–water partition coefficient (Wildman–Crippen LogP) is 2.36. The lowest BCUT2D eigenvalue weighted by Gasteiger charge is -2.20. The van der Waals surface area contributed by atoms with Crippen LogP contribution in [-0.4, -0.2) is 58.0 Å². The van der Waals surface area contributed by atoms with E-state index in [-0.39, 0.29) is 17.6 Å². The molecule has 0 saturated carbocycles. The summed E-state index contributed by atoms with van der Waals surface area (Å²) < 4.78 is 15.1. The van der Waals surface area contributed by atoms with E-state index >= 15 is 0 Å². The highest BCUT2D eigenvalue weighted by Crippen LogP contribution is 2.26. The van der Waals surface area contributed by atoms with Crippen molar-refractivity contribution in [1.29, 1.82) is 0 Å². The lowest BCUT2D eigenvalue weighted by Crippen LogP contribution is -2.40. The molecule has 1 aromatic heterocycles. The molecule has 0 fully saturated rings. The highest BCUT2D eigenvalue weighted by atomic mass is 32.2. The van der Waals surface area contributed by atoms with E-state index in [0.29, 0.717) is 23.2 Å². The molecule has 0 aliphatic carbocycles. The fourth-order valence-corrected chi connectivity index (χ4v) is 3.04. The van der Waals surface area contributed by atoms with Crippen LogP contribution in [0.5, 0.6) is 0 Å². The number of aromatic nitrogens is 3. The van der Waals surface area contributed by atoms with E-state index in [9.17, 15) is 14.0 Å². The standard InChI is InChI=1S/C18H25FN6O2S/c1-5-10-20-17(27)21-15(26)11-28-18-23-22-16(12(2)24(3)4)25(18)14-8-6-13(19)7-9-14/h6-9,12H,5,10-11H2,1-4H3,(H2,20,21,26,27)/t12-/m1/s1. The summed E-state index contributed by atoms with van der Waals surface area (Å²) in [7, 11) is 3.84. The maximum absolute atomic E-state index is 13.3. The van der Waals surface area contributed by atoms with Crippen molar-refractivity contribution in [2.45, 2.75) is 31.5 Å². The Hall–Kier alpha value is -2.46. The third-order valence-corrected chi connectivity index (χ3v) is 4.94. The summed E-state index contributed by atoms with van der Waals surface area (Å²) in [6.07, 6.45) is 0.782. The second-order valence-electron chi connectivity index (χ2n) is 6.38. The Bertz CT molecular complexity index is 809. The van der Waals surface area contributed by atoms with Gasteiger partial charge in [0.2, 0.25) is 5.91 Å². The first-order valence-corrected chi connectivity index (χ1v) is 9.90. The Morgan fingerprint density at radius 1 is 1.25 bits per heavy atom. The Morgan fingerprint density at radius 3 is 2.54 bits per heavy atom. The quantitative estimate of drug-likeness (QED) is 0.652.